The third kappa shape index (κ3) is 6.94. The second-order valence-corrected chi connectivity index (χ2v) is 11.6. The maximum atomic E-state index is 13.9. The predicted molar refractivity (Wildman–Crippen MR) is 152 cm³/mol. The van der Waals surface area contributed by atoms with Crippen molar-refractivity contribution in [2.24, 2.45) is 0 Å². The van der Waals surface area contributed by atoms with Crippen molar-refractivity contribution >= 4 is 39.1 Å². The molecule has 0 saturated carbocycles. The number of nitrogens with one attached hydrogen (secondary N) is 1. The maximum Gasteiger partial charge on any atom is 0.264 e. The lowest BCUT2D eigenvalue weighted by molar-refractivity contribution is -0.139. The van der Waals surface area contributed by atoms with E-state index in [0.717, 1.165) is 21.0 Å². The molecule has 0 aromatic heterocycles. The largest absolute Gasteiger partial charge is 0.355 e. The SMILES string of the molecule is CCNC(=O)C(C)N(Cc1ccc(C)cc1)C(=O)CN(c1ccc(Cl)cc1C)S(=O)(=O)c1ccc(C)cc1. The summed E-state index contributed by atoms with van der Waals surface area (Å²) in [5, 5.41) is 3.21. The van der Waals surface area contributed by atoms with Gasteiger partial charge in [0.1, 0.15) is 12.6 Å². The molecule has 202 valence electrons. The number of hydrogen-bond donors (Lipinski definition) is 1. The fourth-order valence-corrected chi connectivity index (χ4v) is 5.75. The summed E-state index contributed by atoms with van der Waals surface area (Å²) in [4.78, 5) is 28.1. The molecule has 0 fully saturated rings. The Balaban J connectivity index is 2.06. The summed E-state index contributed by atoms with van der Waals surface area (Å²) in [6, 6.07) is 18.1. The number of halogens is 1. The maximum absolute atomic E-state index is 13.9. The number of likely N-dealkylation sites (N-methyl/N-ethyl adjacent to an activating group) is 1. The lowest BCUT2D eigenvalue weighted by atomic mass is 10.1. The minimum atomic E-state index is -4.13. The molecule has 7 nitrogen and oxygen atoms in total. The highest BCUT2D eigenvalue weighted by Gasteiger charge is 2.33. The van der Waals surface area contributed by atoms with Crippen LogP contribution in [0.15, 0.2) is 71.6 Å². The molecule has 0 saturated heterocycles. The zero-order valence-electron chi connectivity index (χ0n) is 22.4. The molecular weight excluding hydrogens is 522 g/mol. The van der Waals surface area contributed by atoms with E-state index in [2.05, 4.69) is 5.32 Å². The minimum Gasteiger partial charge on any atom is -0.355 e. The van der Waals surface area contributed by atoms with Crippen LogP contribution in [0.4, 0.5) is 5.69 Å². The average molecular weight is 556 g/mol. The van der Waals surface area contributed by atoms with E-state index in [1.54, 1.807) is 51.1 Å². The molecule has 3 aromatic rings. The van der Waals surface area contributed by atoms with Crippen LogP contribution < -0.4 is 9.62 Å². The van der Waals surface area contributed by atoms with E-state index in [1.807, 2.05) is 38.1 Å². The van der Waals surface area contributed by atoms with Gasteiger partial charge in [0.2, 0.25) is 11.8 Å². The molecule has 9 heteroatoms. The van der Waals surface area contributed by atoms with Crippen LogP contribution in [0.5, 0.6) is 0 Å². The number of carbonyl (C=O) groups is 2. The Morgan fingerprint density at radius 3 is 2.05 bits per heavy atom. The van der Waals surface area contributed by atoms with Crippen molar-refractivity contribution in [3.8, 4) is 0 Å². The Bertz CT molecular complexity index is 1390. The molecule has 2 amide bonds. The number of hydrogen-bond acceptors (Lipinski definition) is 4. The number of aryl methyl sites for hydroxylation is 3. The van der Waals surface area contributed by atoms with Gasteiger partial charge < -0.3 is 10.2 Å². The Morgan fingerprint density at radius 1 is 0.921 bits per heavy atom. The van der Waals surface area contributed by atoms with Crippen LogP contribution in [0.1, 0.15) is 36.1 Å². The summed E-state index contributed by atoms with van der Waals surface area (Å²) < 4.78 is 28.9. The Kier molecular flexibility index (Phi) is 9.57. The first-order valence-corrected chi connectivity index (χ1v) is 14.2. The molecule has 3 aromatic carbocycles. The zero-order valence-corrected chi connectivity index (χ0v) is 23.9. The highest BCUT2D eigenvalue weighted by atomic mass is 35.5. The standard InChI is InChI=1S/C29H34ClN3O4S/c1-6-31-29(35)23(5)32(18-24-11-7-20(2)8-12-24)28(34)19-33(27-16-13-25(30)17-22(27)4)38(36,37)26-14-9-21(3)10-15-26/h7-17,23H,6,18-19H2,1-5H3,(H,31,35). The van der Waals surface area contributed by atoms with Crippen molar-refractivity contribution in [3.05, 3.63) is 94.0 Å². The third-order valence-electron chi connectivity index (χ3n) is 6.31. The third-order valence-corrected chi connectivity index (χ3v) is 8.32. The summed E-state index contributed by atoms with van der Waals surface area (Å²) in [5.41, 5.74) is 3.74. The van der Waals surface area contributed by atoms with Gasteiger partial charge in [-0.25, -0.2) is 8.42 Å². The molecule has 0 aliphatic heterocycles. The lowest BCUT2D eigenvalue weighted by Gasteiger charge is -2.32. The van der Waals surface area contributed by atoms with Crippen LogP contribution in [0.2, 0.25) is 5.02 Å². The van der Waals surface area contributed by atoms with Gasteiger partial charge in [0.25, 0.3) is 10.0 Å². The number of benzene rings is 3. The van der Waals surface area contributed by atoms with E-state index in [9.17, 15) is 18.0 Å². The number of anilines is 1. The van der Waals surface area contributed by atoms with Crippen LogP contribution in [-0.2, 0) is 26.2 Å². The minimum absolute atomic E-state index is 0.0621. The Labute approximate surface area is 230 Å². The summed E-state index contributed by atoms with van der Waals surface area (Å²) in [6.45, 7) is 9.08. The van der Waals surface area contributed by atoms with Crippen molar-refractivity contribution in [2.45, 2.75) is 52.1 Å². The van der Waals surface area contributed by atoms with Gasteiger partial charge in [-0.3, -0.25) is 13.9 Å². The first kappa shape index (κ1) is 29.2. The van der Waals surface area contributed by atoms with Crippen molar-refractivity contribution in [1.82, 2.24) is 10.2 Å². The lowest BCUT2D eigenvalue weighted by Crippen LogP contribution is -2.51. The van der Waals surface area contributed by atoms with Gasteiger partial charge in [0.05, 0.1) is 10.6 Å². The average Bonchev–Trinajstić information content (AvgIpc) is 2.87. The summed E-state index contributed by atoms with van der Waals surface area (Å²) >= 11 is 6.15. The van der Waals surface area contributed by atoms with E-state index < -0.39 is 28.5 Å². The van der Waals surface area contributed by atoms with Gasteiger partial charge in [0.15, 0.2) is 0 Å². The fraction of sp³-hybridized carbons (Fsp3) is 0.310. The number of rotatable bonds is 10. The first-order valence-electron chi connectivity index (χ1n) is 12.4. The van der Waals surface area contributed by atoms with Crippen LogP contribution >= 0.6 is 11.6 Å². The van der Waals surface area contributed by atoms with Gasteiger partial charge >= 0.3 is 0 Å². The van der Waals surface area contributed by atoms with E-state index in [-0.39, 0.29) is 17.3 Å². The number of nitrogens with zero attached hydrogens (tertiary/aromatic N) is 2. The normalized spacial score (nSPS) is 12.1. The molecular formula is C29H34ClN3O4S. The van der Waals surface area contributed by atoms with Crippen molar-refractivity contribution in [1.29, 1.82) is 0 Å². The van der Waals surface area contributed by atoms with E-state index >= 15 is 0 Å². The van der Waals surface area contributed by atoms with E-state index in [1.165, 1.54) is 17.0 Å². The fourth-order valence-electron chi connectivity index (χ4n) is 4.04. The molecule has 0 heterocycles. The topological polar surface area (TPSA) is 86.8 Å². The number of sulfonamides is 1. The second-order valence-electron chi connectivity index (χ2n) is 9.33. The molecule has 1 atom stereocenters. The van der Waals surface area contributed by atoms with Crippen LogP contribution in [0.3, 0.4) is 0 Å². The van der Waals surface area contributed by atoms with E-state index in [0.29, 0.717) is 22.8 Å². The van der Waals surface area contributed by atoms with E-state index in [4.69, 9.17) is 11.6 Å². The summed E-state index contributed by atoms with van der Waals surface area (Å²) in [7, 11) is -4.13. The molecule has 0 radical (unpaired) electrons. The van der Waals surface area contributed by atoms with Gasteiger partial charge in [-0.15, -0.1) is 0 Å². The van der Waals surface area contributed by atoms with Gasteiger partial charge in [0, 0.05) is 18.1 Å². The Hall–Kier alpha value is -3.36. The van der Waals surface area contributed by atoms with Crippen LogP contribution in [-0.4, -0.2) is 44.3 Å². The molecule has 3 rings (SSSR count). The van der Waals surface area contributed by atoms with Crippen molar-refractivity contribution in [3.63, 3.8) is 0 Å². The molecule has 0 aliphatic carbocycles. The quantitative estimate of drug-likeness (QED) is 0.381. The highest BCUT2D eigenvalue weighted by Crippen LogP contribution is 2.29. The van der Waals surface area contributed by atoms with Crippen LogP contribution in [0.25, 0.3) is 0 Å². The monoisotopic (exact) mass is 555 g/mol. The van der Waals surface area contributed by atoms with Gasteiger partial charge in [-0.05, 0) is 76.1 Å². The molecule has 0 aliphatic rings. The van der Waals surface area contributed by atoms with Gasteiger partial charge in [-0.2, -0.15) is 0 Å². The number of carbonyl (C=O) groups excluding carboxylic acids is 2. The highest BCUT2D eigenvalue weighted by molar-refractivity contribution is 7.92. The van der Waals surface area contributed by atoms with Crippen molar-refractivity contribution in [2.75, 3.05) is 17.4 Å². The molecule has 0 bridgehead atoms. The number of amides is 2. The zero-order chi connectivity index (χ0) is 28.0. The van der Waals surface area contributed by atoms with Gasteiger partial charge in [-0.1, -0.05) is 59.1 Å². The molecule has 1 unspecified atom stereocenters. The molecule has 1 N–H and O–H groups in total. The summed E-state index contributed by atoms with van der Waals surface area (Å²) in [5.74, 6) is -0.821. The van der Waals surface area contributed by atoms with Crippen molar-refractivity contribution < 1.29 is 18.0 Å². The smallest absolute Gasteiger partial charge is 0.264 e. The molecule has 38 heavy (non-hydrogen) atoms. The first-order chi connectivity index (χ1) is 17.9. The predicted octanol–water partition coefficient (Wildman–Crippen LogP) is 5.01. The second kappa shape index (κ2) is 12.5. The Morgan fingerprint density at radius 2 is 1.50 bits per heavy atom. The van der Waals surface area contributed by atoms with Crippen LogP contribution in [0, 0.1) is 20.8 Å². The molecule has 0 spiro atoms. The summed E-state index contributed by atoms with van der Waals surface area (Å²) in [6.07, 6.45) is 0.